The van der Waals surface area contributed by atoms with Crippen LogP contribution in [0.1, 0.15) is 32.6 Å². The lowest BCUT2D eigenvalue weighted by Crippen LogP contribution is -2.31. The molecule has 23 heavy (non-hydrogen) atoms. The predicted octanol–water partition coefficient (Wildman–Crippen LogP) is 2.06. The van der Waals surface area contributed by atoms with E-state index in [9.17, 15) is 17.6 Å². The molecule has 1 aliphatic rings. The summed E-state index contributed by atoms with van der Waals surface area (Å²) in [5, 5.41) is 1.86. The molecule has 1 aliphatic heterocycles. The highest BCUT2D eigenvalue weighted by Gasteiger charge is 2.25. The van der Waals surface area contributed by atoms with Crippen molar-refractivity contribution in [3.63, 3.8) is 0 Å². The molecule has 0 aliphatic carbocycles. The molecule has 0 saturated carbocycles. The molecule has 1 heterocycles. The molecule has 1 aromatic carbocycles. The van der Waals surface area contributed by atoms with E-state index >= 15 is 0 Å². The molecule has 0 aromatic heterocycles. The van der Waals surface area contributed by atoms with E-state index < -0.39 is 20.9 Å². The number of carbonyl (C=O) groups is 1. The second-order valence-electron chi connectivity index (χ2n) is 5.79. The average Bonchev–Trinajstić information content (AvgIpc) is 3.01. The fourth-order valence-electron chi connectivity index (χ4n) is 2.54. The second kappa shape index (κ2) is 7.88. The van der Waals surface area contributed by atoms with Gasteiger partial charge < -0.3 is 10.1 Å². The molecule has 128 valence electrons. The molecule has 1 aromatic rings. The van der Waals surface area contributed by atoms with Gasteiger partial charge in [0.2, 0.25) is 5.91 Å². The van der Waals surface area contributed by atoms with E-state index in [1.165, 1.54) is 19.1 Å². The lowest BCUT2D eigenvalue weighted by atomic mass is 10.2. The largest absolute Gasteiger partial charge is 0.378 e. The summed E-state index contributed by atoms with van der Waals surface area (Å²) < 4.78 is 43.0. The Kier molecular flexibility index (Phi) is 6.12. The molecule has 0 bridgehead atoms. The molecule has 0 radical (unpaired) electrons. The average molecular weight is 343 g/mol. The van der Waals surface area contributed by atoms with E-state index in [2.05, 4.69) is 5.32 Å². The first kappa shape index (κ1) is 17.9. The third-order valence-corrected chi connectivity index (χ3v) is 6.11. The minimum absolute atomic E-state index is 0.0264. The van der Waals surface area contributed by atoms with Gasteiger partial charge in [0.1, 0.15) is 5.82 Å². The highest BCUT2D eigenvalue weighted by molar-refractivity contribution is 7.92. The van der Waals surface area contributed by atoms with Crippen LogP contribution in [0, 0.1) is 5.82 Å². The van der Waals surface area contributed by atoms with Gasteiger partial charge in [0.05, 0.1) is 16.2 Å². The zero-order valence-electron chi connectivity index (χ0n) is 13.1. The van der Waals surface area contributed by atoms with Crippen LogP contribution >= 0.6 is 0 Å². The first-order chi connectivity index (χ1) is 10.9. The van der Waals surface area contributed by atoms with Gasteiger partial charge in [0.25, 0.3) is 0 Å². The fraction of sp³-hybridized carbons (Fsp3) is 0.562. The van der Waals surface area contributed by atoms with Gasteiger partial charge in [-0.3, -0.25) is 4.79 Å². The smallest absolute Gasteiger partial charge is 0.221 e. The molecule has 1 N–H and O–H groups in total. The fourth-order valence-corrected chi connectivity index (χ4v) is 3.89. The van der Waals surface area contributed by atoms with Crippen molar-refractivity contribution in [2.24, 2.45) is 0 Å². The minimum atomic E-state index is -3.64. The van der Waals surface area contributed by atoms with Crippen LogP contribution in [0.5, 0.6) is 0 Å². The Bertz CT molecular complexity index is 624. The van der Waals surface area contributed by atoms with Gasteiger partial charge in [-0.15, -0.1) is 0 Å². The van der Waals surface area contributed by atoms with E-state index in [-0.39, 0.29) is 23.3 Å². The maximum atomic E-state index is 12.9. The summed E-state index contributed by atoms with van der Waals surface area (Å²) in [6.45, 7) is 2.73. The molecule has 2 unspecified atom stereocenters. The van der Waals surface area contributed by atoms with Crippen LogP contribution in [0.3, 0.4) is 0 Å². The van der Waals surface area contributed by atoms with Crippen molar-refractivity contribution in [3.8, 4) is 0 Å². The number of hydrogen-bond donors (Lipinski definition) is 1. The SMILES string of the molecule is CC(CC(=O)NCCC1CCCO1)S(=O)(=O)c1ccc(F)cc1. The standard InChI is InChI=1S/C16H22FNO4S/c1-12(23(20,21)15-6-4-13(17)5-7-15)11-16(19)18-9-8-14-3-2-10-22-14/h4-7,12,14H,2-3,8-11H2,1H3,(H,18,19). The van der Waals surface area contributed by atoms with Crippen molar-refractivity contribution >= 4 is 15.7 Å². The van der Waals surface area contributed by atoms with Crippen LogP contribution in [-0.4, -0.2) is 38.8 Å². The molecule has 2 atom stereocenters. The lowest BCUT2D eigenvalue weighted by molar-refractivity contribution is -0.121. The number of benzene rings is 1. The summed E-state index contributed by atoms with van der Waals surface area (Å²) in [5.41, 5.74) is 0. The maximum Gasteiger partial charge on any atom is 0.221 e. The molecular weight excluding hydrogens is 321 g/mol. The Morgan fingerprint density at radius 3 is 2.70 bits per heavy atom. The van der Waals surface area contributed by atoms with Crippen molar-refractivity contribution in [3.05, 3.63) is 30.1 Å². The number of sulfone groups is 1. The Morgan fingerprint density at radius 2 is 2.09 bits per heavy atom. The third-order valence-electron chi connectivity index (χ3n) is 3.96. The number of rotatable bonds is 7. The van der Waals surface area contributed by atoms with Crippen molar-refractivity contribution in [1.82, 2.24) is 5.32 Å². The maximum absolute atomic E-state index is 12.9. The predicted molar refractivity (Wildman–Crippen MR) is 84.3 cm³/mol. The molecule has 7 heteroatoms. The van der Waals surface area contributed by atoms with Gasteiger partial charge in [-0.2, -0.15) is 0 Å². The summed E-state index contributed by atoms with van der Waals surface area (Å²) in [6.07, 6.45) is 2.86. The Labute approximate surface area is 136 Å². The highest BCUT2D eigenvalue weighted by atomic mass is 32.2. The molecule has 1 amide bonds. The summed E-state index contributed by atoms with van der Waals surface area (Å²) in [6, 6.07) is 4.63. The normalized spacial score (nSPS) is 19.5. The molecule has 1 saturated heterocycles. The van der Waals surface area contributed by atoms with Gasteiger partial charge in [-0.25, -0.2) is 12.8 Å². The number of ether oxygens (including phenoxy) is 1. The molecule has 2 rings (SSSR count). The lowest BCUT2D eigenvalue weighted by Gasteiger charge is -2.14. The quantitative estimate of drug-likeness (QED) is 0.769. The summed E-state index contributed by atoms with van der Waals surface area (Å²) in [4.78, 5) is 11.9. The molecule has 0 spiro atoms. The van der Waals surface area contributed by atoms with Crippen LogP contribution < -0.4 is 5.32 Å². The van der Waals surface area contributed by atoms with Gasteiger partial charge in [0, 0.05) is 19.6 Å². The topological polar surface area (TPSA) is 72.5 Å². The van der Waals surface area contributed by atoms with E-state index in [0.29, 0.717) is 6.54 Å². The monoisotopic (exact) mass is 343 g/mol. The number of carbonyl (C=O) groups excluding carboxylic acids is 1. The van der Waals surface area contributed by atoms with Crippen molar-refractivity contribution in [1.29, 1.82) is 0 Å². The van der Waals surface area contributed by atoms with Crippen molar-refractivity contribution in [2.75, 3.05) is 13.2 Å². The molecule has 5 nitrogen and oxygen atoms in total. The summed E-state index contributed by atoms with van der Waals surface area (Å²) in [7, 11) is -3.64. The minimum Gasteiger partial charge on any atom is -0.378 e. The van der Waals surface area contributed by atoms with Crippen LogP contribution in [-0.2, 0) is 19.4 Å². The van der Waals surface area contributed by atoms with Gasteiger partial charge in [0.15, 0.2) is 9.84 Å². The summed E-state index contributed by atoms with van der Waals surface area (Å²) in [5.74, 6) is -0.801. The number of hydrogen-bond acceptors (Lipinski definition) is 4. The Balaban J connectivity index is 1.83. The van der Waals surface area contributed by atoms with E-state index in [0.717, 1.165) is 38.0 Å². The first-order valence-electron chi connectivity index (χ1n) is 7.77. The zero-order valence-corrected chi connectivity index (χ0v) is 13.9. The molecule has 1 fully saturated rings. The van der Waals surface area contributed by atoms with E-state index in [1.54, 1.807) is 0 Å². The van der Waals surface area contributed by atoms with Crippen LogP contribution in [0.15, 0.2) is 29.2 Å². The number of halogens is 1. The third kappa shape index (κ3) is 5.00. The number of amides is 1. The van der Waals surface area contributed by atoms with E-state index in [1.807, 2.05) is 0 Å². The van der Waals surface area contributed by atoms with Crippen molar-refractivity contribution in [2.45, 2.75) is 48.9 Å². The van der Waals surface area contributed by atoms with Gasteiger partial charge in [-0.05, 0) is 50.5 Å². The van der Waals surface area contributed by atoms with Crippen LogP contribution in [0.4, 0.5) is 4.39 Å². The highest BCUT2D eigenvalue weighted by Crippen LogP contribution is 2.19. The Hall–Kier alpha value is -1.47. The van der Waals surface area contributed by atoms with Crippen LogP contribution in [0.25, 0.3) is 0 Å². The number of nitrogens with one attached hydrogen (secondary N) is 1. The van der Waals surface area contributed by atoms with Crippen LogP contribution in [0.2, 0.25) is 0 Å². The second-order valence-corrected chi connectivity index (χ2v) is 8.15. The van der Waals surface area contributed by atoms with E-state index in [4.69, 9.17) is 4.74 Å². The molecular formula is C16H22FNO4S. The summed E-state index contributed by atoms with van der Waals surface area (Å²) >= 11 is 0. The van der Waals surface area contributed by atoms with Crippen molar-refractivity contribution < 1.29 is 22.3 Å². The van der Waals surface area contributed by atoms with Gasteiger partial charge >= 0.3 is 0 Å². The Morgan fingerprint density at radius 1 is 1.39 bits per heavy atom. The first-order valence-corrected chi connectivity index (χ1v) is 9.32. The van der Waals surface area contributed by atoms with Gasteiger partial charge in [-0.1, -0.05) is 0 Å². The zero-order chi connectivity index (χ0) is 16.9.